The van der Waals surface area contributed by atoms with Crippen LogP contribution in [0.1, 0.15) is 11.3 Å². The van der Waals surface area contributed by atoms with Crippen LogP contribution >= 0.6 is 23.2 Å². The van der Waals surface area contributed by atoms with E-state index in [1.807, 2.05) is 37.3 Å². The van der Waals surface area contributed by atoms with Crippen LogP contribution in [0.4, 0.5) is 5.69 Å². The van der Waals surface area contributed by atoms with E-state index in [9.17, 15) is 4.79 Å². The Morgan fingerprint density at radius 1 is 1.12 bits per heavy atom. The van der Waals surface area contributed by atoms with Crippen molar-refractivity contribution in [1.29, 1.82) is 0 Å². The number of nitrogens with zero attached hydrogens (tertiary/aromatic N) is 1. The molecule has 0 aliphatic rings. The standard InChI is InChI=1S/C19H14Cl2N2O/c1-12-5-9-15-17(22-12)3-2-4-18(15)23-19(24)10-7-13-6-8-14(20)11-16(13)21/h2-11H,1H3,(H,23,24)/b10-7+. The summed E-state index contributed by atoms with van der Waals surface area (Å²) in [6.45, 7) is 1.93. The highest BCUT2D eigenvalue weighted by atomic mass is 35.5. The molecule has 24 heavy (non-hydrogen) atoms. The maximum Gasteiger partial charge on any atom is 0.248 e. The van der Waals surface area contributed by atoms with Crippen molar-refractivity contribution >= 4 is 51.8 Å². The van der Waals surface area contributed by atoms with Gasteiger partial charge in [0.05, 0.1) is 11.2 Å². The number of aromatic nitrogens is 1. The molecule has 0 unspecified atom stereocenters. The van der Waals surface area contributed by atoms with E-state index < -0.39 is 0 Å². The Balaban J connectivity index is 1.81. The Hall–Kier alpha value is -2.36. The highest BCUT2D eigenvalue weighted by Crippen LogP contribution is 2.23. The van der Waals surface area contributed by atoms with E-state index in [2.05, 4.69) is 10.3 Å². The molecule has 0 saturated heterocycles. The maximum absolute atomic E-state index is 12.2. The molecular weight excluding hydrogens is 343 g/mol. The molecule has 3 aromatic rings. The third-order valence-corrected chi connectivity index (χ3v) is 4.07. The molecule has 3 rings (SSSR count). The molecule has 1 N–H and O–H groups in total. The van der Waals surface area contributed by atoms with E-state index in [4.69, 9.17) is 23.2 Å². The van der Waals surface area contributed by atoms with Gasteiger partial charge in [-0.1, -0.05) is 35.3 Å². The van der Waals surface area contributed by atoms with E-state index in [-0.39, 0.29) is 5.91 Å². The van der Waals surface area contributed by atoms with Crippen LogP contribution in [0.25, 0.3) is 17.0 Å². The van der Waals surface area contributed by atoms with Crippen LogP contribution in [0.3, 0.4) is 0 Å². The fourth-order valence-corrected chi connectivity index (χ4v) is 2.81. The van der Waals surface area contributed by atoms with Crippen molar-refractivity contribution in [1.82, 2.24) is 4.98 Å². The first-order valence-corrected chi connectivity index (χ1v) is 8.09. The lowest BCUT2D eigenvalue weighted by Crippen LogP contribution is -2.08. The smallest absolute Gasteiger partial charge is 0.248 e. The van der Waals surface area contributed by atoms with E-state index in [1.54, 1.807) is 24.3 Å². The third-order valence-electron chi connectivity index (χ3n) is 3.51. The summed E-state index contributed by atoms with van der Waals surface area (Å²) >= 11 is 12.0. The van der Waals surface area contributed by atoms with Crippen LogP contribution in [-0.4, -0.2) is 10.9 Å². The van der Waals surface area contributed by atoms with Crippen molar-refractivity contribution in [2.24, 2.45) is 0 Å². The molecule has 120 valence electrons. The number of halogens is 2. The van der Waals surface area contributed by atoms with Gasteiger partial charge in [-0.25, -0.2) is 0 Å². The number of nitrogens with one attached hydrogen (secondary N) is 1. The normalized spacial score (nSPS) is 11.1. The monoisotopic (exact) mass is 356 g/mol. The zero-order chi connectivity index (χ0) is 17.1. The number of amides is 1. The molecule has 0 bridgehead atoms. The topological polar surface area (TPSA) is 42.0 Å². The first-order valence-electron chi connectivity index (χ1n) is 7.33. The second-order valence-electron chi connectivity index (χ2n) is 5.31. The Morgan fingerprint density at radius 2 is 1.96 bits per heavy atom. The van der Waals surface area contributed by atoms with Crippen LogP contribution in [0.2, 0.25) is 10.0 Å². The molecule has 0 radical (unpaired) electrons. The minimum Gasteiger partial charge on any atom is -0.322 e. The van der Waals surface area contributed by atoms with Crippen LogP contribution < -0.4 is 5.32 Å². The first kappa shape index (κ1) is 16.5. The fraction of sp³-hybridized carbons (Fsp3) is 0.0526. The number of rotatable bonds is 3. The van der Waals surface area contributed by atoms with Gasteiger partial charge in [0.2, 0.25) is 5.91 Å². The summed E-state index contributed by atoms with van der Waals surface area (Å²) < 4.78 is 0. The van der Waals surface area contributed by atoms with Gasteiger partial charge >= 0.3 is 0 Å². The molecule has 0 saturated carbocycles. The number of fused-ring (bicyclic) bond motifs is 1. The van der Waals surface area contributed by atoms with Gasteiger partial charge in [0.1, 0.15) is 0 Å². The van der Waals surface area contributed by atoms with Crippen LogP contribution in [0.5, 0.6) is 0 Å². The van der Waals surface area contributed by atoms with E-state index in [0.29, 0.717) is 10.0 Å². The highest BCUT2D eigenvalue weighted by molar-refractivity contribution is 6.35. The fourth-order valence-electron chi connectivity index (χ4n) is 2.34. The van der Waals surface area contributed by atoms with E-state index >= 15 is 0 Å². The van der Waals surface area contributed by atoms with Crippen molar-refractivity contribution in [3.05, 3.63) is 75.9 Å². The number of hydrogen-bond donors (Lipinski definition) is 1. The van der Waals surface area contributed by atoms with Gasteiger partial charge in [-0.2, -0.15) is 0 Å². The minimum atomic E-state index is -0.242. The maximum atomic E-state index is 12.2. The SMILES string of the molecule is Cc1ccc2c(NC(=O)/C=C/c3ccc(Cl)cc3Cl)cccc2n1. The number of benzene rings is 2. The first-order chi connectivity index (χ1) is 11.5. The molecule has 1 aromatic heterocycles. The van der Waals surface area contributed by atoms with Crippen molar-refractivity contribution in [2.45, 2.75) is 6.92 Å². The molecule has 0 atom stereocenters. The lowest BCUT2D eigenvalue weighted by molar-refractivity contribution is -0.111. The number of hydrogen-bond acceptors (Lipinski definition) is 2. The molecular formula is C19H14Cl2N2O. The molecule has 0 fully saturated rings. The number of carbonyl (C=O) groups excluding carboxylic acids is 1. The molecule has 0 aliphatic heterocycles. The molecule has 1 heterocycles. The lowest BCUT2D eigenvalue weighted by atomic mass is 10.1. The van der Waals surface area contributed by atoms with Crippen LogP contribution in [-0.2, 0) is 4.79 Å². The van der Waals surface area contributed by atoms with Crippen molar-refractivity contribution < 1.29 is 4.79 Å². The summed E-state index contributed by atoms with van der Waals surface area (Å²) in [5.41, 5.74) is 3.23. The number of pyridine rings is 1. The van der Waals surface area contributed by atoms with Gasteiger partial charge in [0.25, 0.3) is 0 Å². The summed E-state index contributed by atoms with van der Waals surface area (Å²) in [4.78, 5) is 16.6. The number of aryl methyl sites for hydroxylation is 1. The predicted octanol–water partition coefficient (Wildman–Crippen LogP) is 5.50. The largest absolute Gasteiger partial charge is 0.322 e. The molecule has 0 aliphatic carbocycles. The van der Waals surface area contributed by atoms with Gasteiger partial charge in [-0.3, -0.25) is 9.78 Å². The van der Waals surface area contributed by atoms with Crippen molar-refractivity contribution in [3.8, 4) is 0 Å². The minimum absolute atomic E-state index is 0.242. The second kappa shape index (κ2) is 7.04. The van der Waals surface area contributed by atoms with Gasteiger partial charge in [-0.05, 0) is 55.0 Å². The third kappa shape index (κ3) is 3.75. The lowest BCUT2D eigenvalue weighted by Gasteiger charge is -2.07. The summed E-state index contributed by atoms with van der Waals surface area (Å²) in [6.07, 6.45) is 3.09. The summed E-state index contributed by atoms with van der Waals surface area (Å²) in [5.74, 6) is -0.242. The van der Waals surface area contributed by atoms with Gasteiger partial charge < -0.3 is 5.32 Å². The summed E-state index contributed by atoms with van der Waals surface area (Å²) in [7, 11) is 0. The van der Waals surface area contributed by atoms with Crippen molar-refractivity contribution in [3.63, 3.8) is 0 Å². The average Bonchev–Trinajstić information content (AvgIpc) is 2.54. The molecule has 2 aromatic carbocycles. The van der Waals surface area contributed by atoms with Gasteiger partial charge in [0, 0.05) is 27.2 Å². The second-order valence-corrected chi connectivity index (χ2v) is 6.16. The van der Waals surface area contributed by atoms with Crippen LogP contribution in [0, 0.1) is 6.92 Å². The van der Waals surface area contributed by atoms with E-state index in [0.717, 1.165) is 27.8 Å². The number of carbonyl (C=O) groups is 1. The van der Waals surface area contributed by atoms with Gasteiger partial charge in [-0.15, -0.1) is 0 Å². The van der Waals surface area contributed by atoms with E-state index in [1.165, 1.54) is 6.08 Å². The molecule has 0 spiro atoms. The Bertz CT molecular complexity index is 951. The Labute approximate surface area is 149 Å². The quantitative estimate of drug-likeness (QED) is 0.629. The predicted molar refractivity (Wildman–Crippen MR) is 101 cm³/mol. The Morgan fingerprint density at radius 3 is 2.75 bits per heavy atom. The van der Waals surface area contributed by atoms with Gasteiger partial charge in [0.15, 0.2) is 0 Å². The molecule has 3 nitrogen and oxygen atoms in total. The summed E-state index contributed by atoms with van der Waals surface area (Å²) in [5, 5.41) is 4.82. The Kier molecular flexibility index (Phi) is 4.84. The zero-order valence-corrected chi connectivity index (χ0v) is 14.4. The molecule has 1 amide bonds. The average molecular weight is 357 g/mol. The zero-order valence-electron chi connectivity index (χ0n) is 12.9. The summed E-state index contributed by atoms with van der Waals surface area (Å²) in [6, 6.07) is 14.6. The van der Waals surface area contributed by atoms with Crippen LogP contribution in [0.15, 0.2) is 54.6 Å². The van der Waals surface area contributed by atoms with Crippen molar-refractivity contribution in [2.75, 3.05) is 5.32 Å². The highest BCUT2D eigenvalue weighted by Gasteiger charge is 2.05. The number of anilines is 1. The molecule has 5 heteroatoms.